The summed E-state index contributed by atoms with van der Waals surface area (Å²) < 4.78 is 0. The number of likely N-dealkylation sites (N-methyl/N-ethyl adjacent to an activating group) is 2. The number of piperazine rings is 1. The molecule has 45 heavy (non-hydrogen) atoms. The van der Waals surface area contributed by atoms with Gasteiger partial charge in [-0.25, -0.2) is 9.98 Å². The molecule has 0 N–H and O–H groups in total. The van der Waals surface area contributed by atoms with Gasteiger partial charge in [0.25, 0.3) is 0 Å². The number of halogens is 2. The molecular weight excluding hydrogens is 674 g/mol. The van der Waals surface area contributed by atoms with Gasteiger partial charge in [-0.05, 0) is 55.8 Å². The van der Waals surface area contributed by atoms with Crippen LogP contribution < -0.4 is 10.4 Å². The fraction of sp³-hybridized carbons (Fsp3) is 0.611. The van der Waals surface area contributed by atoms with Gasteiger partial charge in [0.15, 0.2) is 11.7 Å². The topological polar surface area (TPSA) is 31.2 Å². The van der Waals surface area contributed by atoms with Crippen LogP contribution in [0, 0.1) is 0 Å². The van der Waals surface area contributed by atoms with Crippen LogP contribution in [0.25, 0.3) is 0 Å². The first-order valence-corrected chi connectivity index (χ1v) is 23.9. The second-order valence-electron chi connectivity index (χ2n) is 14.6. The molecule has 0 aliphatic carbocycles. The molecule has 0 bridgehead atoms. The van der Waals surface area contributed by atoms with Gasteiger partial charge in [-0.1, -0.05) is 119 Å². The molecule has 1 heterocycles. The maximum absolute atomic E-state index is 5.55. The van der Waals surface area contributed by atoms with Crippen LogP contribution in [0.5, 0.6) is 0 Å². The summed E-state index contributed by atoms with van der Waals surface area (Å²) in [6, 6.07) is 18.0. The number of nitrogens with zero attached hydrogens (tertiary/aromatic N) is 4. The molecule has 2 aromatic rings. The number of hydrogen-bond acceptors (Lipinski definition) is 2. The Kier molecular flexibility index (Phi) is 15.4. The molecule has 9 heteroatoms. The molecule has 256 valence electrons. The molecule has 3 rings (SSSR count). The molecule has 4 nitrogen and oxygen atoms in total. The van der Waals surface area contributed by atoms with E-state index in [0.717, 1.165) is 36.1 Å². The first kappa shape index (κ1) is 40.1. The summed E-state index contributed by atoms with van der Waals surface area (Å²) >= 11 is 0.569. The van der Waals surface area contributed by atoms with Gasteiger partial charge in [-0.2, -0.15) is 0 Å². The Bertz CT molecular complexity index is 1150. The van der Waals surface area contributed by atoms with Crippen molar-refractivity contribution >= 4 is 70.0 Å². The van der Waals surface area contributed by atoms with E-state index < -0.39 is 16.1 Å². The Balaban J connectivity index is 0.00000226. The van der Waals surface area contributed by atoms with Crippen molar-refractivity contribution in [2.45, 2.75) is 116 Å². The van der Waals surface area contributed by atoms with E-state index in [4.69, 9.17) is 30.4 Å². The van der Waals surface area contributed by atoms with Crippen LogP contribution in [-0.4, -0.2) is 64.8 Å². The third kappa shape index (κ3) is 8.13. The van der Waals surface area contributed by atoms with Gasteiger partial charge in [0.05, 0.1) is 27.5 Å². The Morgan fingerprint density at radius 3 is 1.02 bits per heavy atom. The normalized spacial score (nSPS) is 16.8. The average Bonchev–Trinajstić information content (AvgIpc) is 2.94. The summed E-state index contributed by atoms with van der Waals surface area (Å²) in [6.07, 6.45) is 0. The minimum absolute atomic E-state index is 0.569. The van der Waals surface area contributed by atoms with Crippen molar-refractivity contribution in [1.82, 2.24) is 9.80 Å². The zero-order valence-corrected chi connectivity index (χ0v) is 34.9. The maximum atomic E-state index is 5.55. The number of aliphatic imine (C=N–C) groups is 2. The van der Waals surface area contributed by atoms with Crippen molar-refractivity contribution < 1.29 is 12.7 Å². The van der Waals surface area contributed by atoms with Crippen molar-refractivity contribution in [1.29, 1.82) is 0 Å². The Morgan fingerprint density at radius 2 is 0.778 bits per heavy atom. The number of benzene rings is 2. The molecule has 2 aromatic carbocycles. The second kappa shape index (κ2) is 17.3. The molecule has 0 spiro atoms. The van der Waals surface area contributed by atoms with Crippen molar-refractivity contribution in [3.05, 3.63) is 48.5 Å². The second-order valence-corrected chi connectivity index (χ2v) is 28.0. The van der Waals surface area contributed by atoms with E-state index in [1.165, 1.54) is 10.4 Å². The molecule has 0 saturated carbocycles. The summed E-state index contributed by atoms with van der Waals surface area (Å²) in [5, 5.41) is 2.98. The van der Waals surface area contributed by atoms with Gasteiger partial charge in [0.2, 0.25) is 0 Å². The number of para-hydroxylation sites is 2. The van der Waals surface area contributed by atoms with Crippen molar-refractivity contribution in [3.8, 4) is 0 Å². The van der Waals surface area contributed by atoms with Crippen LogP contribution in [0.3, 0.4) is 0 Å². The summed E-state index contributed by atoms with van der Waals surface area (Å²) in [5.41, 5.74) is 5.97. The van der Waals surface area contributed by atoms with E-state index >= 15 is 0 Å². The molecule has 0 atom stereocenters. The third-order valence-electron chi connectivity index (χ3n) is 10.6. The quantitative estimate of drug-likeness (QED) is 0.228. The van der Waals surface area contributed by atoms with Gasteiger partial charge in [0, 0.05) is 27.2 Å². The van der Waals surface area contributed by atoms with Gasteiger partial charge in [-0.3, -0.25) is 0 Å². The van der Waals surface area contributed by atoms with Gasteiger partial charge in [-0.15, -0.1) is 0 Å². The summed E-state index contributed by atoms with van der Waals surface area (Å²) in [4.78, 5) is 15.7. The van der Waals surface area contributed by atoms with Crippen molar-refractivity contribution in [3.63, 3.8) is 0 Å². The predicted molar refractivity (Wildman–Crippen MR) is 205 cm³/mol. The predicted octanol–water partition coefficient (Wildman–Crippen LogP) is 10.5. The molecule has 1 aliphatic rings. The molecule has 0 unspecified atom stereocenters. The molecule has 1 aliphatic heterocycles. The Labute approximate surface area is 292 Å². The van der Waals surface area contributed by atoms with Gasteiger partial charge in [0.1, 0.15) is 0 Å². The van der Waals surface area contributed by atoms with E-state index in [-0.39, 0.29) is 0 Å². The monoisotopic (exact) mass is 732 g/mol. The number of rotatable bonds is 10. The van der Waals surface area contributed by atoms with E-state index in [1.54, 1.807) is 0 Å². The standard InChI is InChI=1S/C36H60N4Si2.2ClH.Ni/c1-25(2)41(26(3)4,27(5)6)33-21-17-15-19-31(33)37-35-36(40(14)24-23-39(35)13)38-32-20-16-18-22-34(32)42(28(7)8,29(9)10)30(11)12;;;/h15-22,25-30H,23-24H2,1-14H3;2*1H;/q;;;+2/p-2. The van der Waals surface area contributed by atoms with E-state index in [0.29, 0.717) is 45.9 Å². The van der Waals surface area contributed by atoms with Crippen molar-refractivity contribution in [2.24, 2.45) is 9.98 Å². The van der Waals surface area contributed by atoms with Crippen LogP contribution >= 0.6 is 20.4 Å². The fourth-order valence-corrected chi connectivity index (χ4v) is 22.8. The van der Waals surface area contributed by atoms with Crippen LogP contribution in [-0.2, 0) is 12.7 Å². The van der Waals surface area contributed by atoms with Crippen molar-refractivity contribution in [2.75, 3.05) is 27.2 Å². The zero-order valence-electron chi connectivity index (χ0n) is 30.4. The molecular formula is C36H60Cl2N4NiSi2. The molecule has 1 fully saturated rings. The first-order chi connectivity index (χ1) is 21.1. The third-order valence-corrected chi connectivity index (χ3v) is 24.8. The van der Waals surface area contributed by atoms with E-state index in [9.17, 15) is 0 Å². The zero-order chi connectivity index (χ0) is 34.3. The van der Waals surface area contributed by atoms with Crippen LogP contribution in [0.2, 0.25) is 33.2 Å². The van der Waals surface area contributed by atoms with Crippen LogP contribution in [0.4, 0.5) is 11.4 Å². The summed E-state index contributed by atoms with van der Waals surface area (Å²) in [7, 11) is 9.94. The Morgan fingerprint density at radius 1 is 0.533 bits per heavy atom. The summed E-state index contributed by atoms with van der Waals surface area (Å²) in [5.74, 6) is 1.96. The number of amidine groups is 2. The van der Waals surface area contributed by atoms with Crippen LogP contribution in [0.1, 0.15) is 83.1 Å². The van der Waals surface area contributed by atoms with Gasteiger partial charge >= 0.3 is 33.0 Å². The summed E-state index contributed by atoms with van der Waals surface area (Å²) in [6.45, 7) is 31.1. The van der Waals surface area contributed by atoms with E-state index in [1.807, 2.05) is 0 Å². The van der Waals surface area contributed by atoms with Crippen LogP contribution in [0.15, 0.2) is 58.5 Å². The van der Waals surface area contributed by atoms with E-state index in [2.05, 4.69) is 156 Å². The fourth-order valence-electron chi connectivity index (χ4n) is 9.09. The number of hydrogen-bond donors (Lipinski definition) is 0. The average molecular weight is 735 g/mol. The Hall–Kier alpha value is -1.11. The minimum atomic E-state index is -1.91. The SMILES string of the molecule is CC(C)[Si](c1ccccc1N=C1C(=Nc2ccccc2[Si](C(C)C)(C(C)C)C(C)C)N(C)CCN1C)(C(C)C)C(C)C.[Cl][Ni][Cl]. The molecule has 0 aromatic heterocycles. The molecule has 0 amide bonds. The first-order valence-electron chi connectivity index (χ1n) is 16.7. The van der Waals surface area contributed by atoms with Gasteiger partial charge < -0.3 is 9.80 Å². The molecule has 1 saturated heterocycles. The molecule has 0 radical (unpaired) electrons.